The van der Waals surface area contributed by atoms with Crippen molar-refractivity contribution in [3.63, 3.8) is 0 Å². The second kappa shape index (κ2) is 9.78. The summed E-state index contributed by atoms with van der Waals surface area (Å²) in [4.78, 5) is 2.57. The summed E-state index contributed by atoms with van der Waals surface area (Å²) in [5.41, 5.74) is 0.438. The lowest BCUT2D eigenvalue weighted by molar-refractivity contribution is 0.0300. The number of nitrogens with one attached hydrogen (secondary N) is 1. The molecule has 1 saturated carbocycles. The highest BCUT2D eigenvalue weighted by atomic mass is 16.5. The van der Waals surface area contributed by atoms with Gasteiger partial charge in [0.15, 0.2) is 0 Å². The number of ether oxygens (including phenoxy) is 2. The van der Waals surface area contributed by atoms with Gasteiger partial charge in [-0.2, -0.15) is 0 Å². The van der Waals surface area contributed by atoms with Gasteiger partial charge >= 0.3 is 0 Å². The summed E-state index contributed by atoms with van der Waals surface area (Å²) in [6.45, 7) is 11.7. The van der Waals surface area contributed by atoms with Crippen LogP contribution in [-0.4, -0.2) is 64.1 Å². The molecule has 1 N–H and O–H groups in total. The molecule has 0 bridgehead atoms. The molecule has 1 aliphatic rings. The summed E-state index contributed by atoms with van der Waals surface area (Å²) in [6.07, 6.45) is 5.03. The molecule has 0 aromatic rings. The van der Waals surface area contributed by atoms with Gasteiger partial charge in [-0.25, -0.2) is 0 Å². The van der Waals surface area contributed by atoms with E-state index in [0.717, 1.165) is 32.8 Å². The van der Waals surface area contributed by atoms with Gasteiger partial charge in [-0.1, -0.05) is 20.8 Å². The van der Waals surface area contributed by atoms with Gasteiger partial charge in [0.25, 0.3) is 0 Å². The molecule has 1 fully saturated rings. The standard InChI is InChI=1S/C17H36N2O2/c1-6-9-18-15-7-8-17(2,3)14-16(15)19(10-12-20-4)11-13-21-5/h15-16,18H,6-14H2,1-5H3. The molecule has 0 heterocycles. The van der Waals surface area contributed by atoms with Crippen LogP contribution in [0, 0.1) is 5.41 Å². The van der Waals surface area contributed by atoms with Gasteiger partial charge < -0.3 is 14.8 Å². The first kappa shape index (κ1) is 18.9. The number of methoxy groups -OCH3 is 2. The van der Waals surface area contributed by atoms with Crippen LogP contribution in [0.2, 0.25) is 0 Å². The fourth-order valence-corrected chi connectivity index (χ4v) is 3.36. The van der Waals surface area contributed by atoms with Crippen LogP contribution in [0.25, 0.3) is 0 Å². The van der Waals surface area contributed by atoms with Gasteiger partial charge in [0.1, 0.15) is 0 Å². The zero-order chi connectivity index (χ0) is 15.7. The van der Waals surface area contributed by atoms with Crippen LogP contribution in [-0.2, 0) is 9.47 Å². The monoisotopic (exact) mass is 300 g/mol. The zero-order valence-corrected chi connectivity index (χ0v) is 14.8. The third kappa shape index (κ3) is 6.64. The molecule has 1 aliphatic carbocycles. The molecule has 2 unspecified atom stereocenters. The topological polar surface area (TPSA) is 33.7 Å². The quantitative estimate of drug-likeness (QED) is 0.672. The Bertz CT molecular complexity index is 264. The molecule has 0 amide bonds. The number of hydrogen-bond acceptors (Lipinski definition) is 4. The third-order valence-electron chi connectivity index (χ3n) is 4.65. The SMILES string of the molecule is CCCNC1CCC(C)(C)CC1N(CCOC)CCOC. The minimum atomic E-state index is 0.438. The van der Waals surface area contributed by atoms with Crippen molar-refractivity contribution in [1.82, 2.24) is 10.2 Å². The van der Waals surface area contributed by atoms with Gasteiger partial charge in [0.2, 0.25) is 0 Å². The van der Waals surface area contributed by atoms with E-state index in [1.807, 2.05) is 0 Å². The van der Waals surface area contributed by atoms with E-state index in [2.05, 4.69) is 31.0 Å². The molecule has 4 heteroatoms. The Morgan fingerprint density at radius 2 is 1.76 bits per heavy atom. The molecule has 2 atom stereocenters. The highest BCUT2D eigenvalue weighted by Gasteiger charge is 2.37. The maximum atomic E-state index is 5.31. The van der Waals surface area contributed by atoms with Crippen molar-refractivity contribution in [1.29, 1.82) is 0 Å². The van der Waals surface area contributed by atoms with Crippen molar-refractivity contribution in [3.05, 3.63) is 0 Å². The highest BCUT2D eigenvalue weighted by molar-refractivity contribution is 4.94. The van der Waals surface area contributed by atoms with Gasteiger partial charge in [-0.3, -0.25) is 4.90 Å². The summed E-state index contributed by atoms with van der Waals surface area (Å²) >= 11 is 0. The lowest BCUT2D eigenvalue weighted by atomic mass is 9.72. The third-order valence-corrected chi connectivity index (χ3v) is 4.65. The van der Waals surface area contributed by atoms with E-state index < -0.39 is 0 Å². The maximum Gasteiger partial charge on any atom is 0.0589 e. The summed E-state index contributed by atoms with van der Waals surface area (Å²) < 4.78 is 10.6. The molecule has 0 saturated heterocycles. The lowest BCUT2D eigenvalue weighted by Gasteiger charge is -2.46. The van der Waals surface area contributed by atoms with Crippen LogP contribution in [0.3, 0.4) is 0 Å². The predicted octanol–water partition coefficient (Wildman–Crippen LogP) is 2.53. The highest BCUT2D eigenvalue weighted by Crippen LogP contribution is 2.37. The molecule has 0 aromatic carbocycles. The van der Waals surface area contributed by atoms with E-state index in [1.54, 1.807) is 14.2 Å². The zero-order valence-electron chi connectivity index (χ0n) is 14.8. The first-order valence-corrected chi connectivity index (χ1v) is 8.49. The first-order chi connectivity index (χ1) is 10.0. The molecular weight excluding hydrogens is 264 g/mol. The summed E-state index contributed by atoms with van der Waals surface area (Å²) in [6, 6.07) is 1.19. The Morgan fingerprint density at radius 1 is 1.14 bits per heavy atom. The van der Waals surface area contributed by atoms with Crippen LogP contribution in [0.1, 0.15) is 46.5 Å². The molecule has 21 heavy (non-hydrogen) atoms. The Kier molecular flexibility index (Phi) is 8.79. The molecular formula is C17H36N2O2. The van der Waals surface area contributed by atoms with Crippen LogP contribution < -0.4 is 5.32 Å². The molecule has 1 rings (SSSR count). The largest absolute Gasteiger partial charge is 0.383 e. The average molecular weight is 300 g/mol. The summed E-state index contributed by atoms with van der Waals surface area (Å²) in [7, 11) is 3.57. The molecule has 0 radical (unpaired) electrons. The Morgan fingerprint density at radius 3 is 2.29 bits per heavy atom. The molecule has 126 valence electrons. The number of hydrogen-bond donors (Lipinski definition) is 1. The maximum absolute atomic E-state index is 5.31. The van der Waals surface area contributed by atoms with Crippen LogP contribution in [0.5, 0.6) is 0 Å². The summed E-state index contributed by atoms with van der Waals surface area (Å²) in [5, 5.41) is 3.77. The van der Waals surface area contributed by atoms with E-state index in [4.69, 9.17) is 9.47 Å². The van der Waals surface area contributed by atoms with Gasteiger partial charge in [-0.15, -0.1) is 0 Å². The van der Waals surface area contributed by atoms with Gasteiger partial charge in [0, 0.05) is 39.4 Å². The van der Waals surface area contributed by atoms with Crippen LogP contribution in [0.15, 0.2) is 0 Å². The molecule has 0 aromatic heterocycles. The Labute approximate surface area is 131 Å². The normalized spacial score (nSPS) is 25.4. The van der Waals surface area contributed by atoms with Gasteiger partial charge in [0.05, 0.1) is 13.2 Å². The molecule has 4 nitrogen and oxygen atoms in total. The fraction of sp³-hybridized carbons (Fsp3) is 1.00. The first-order valence-electron chi connectivity index (χ1n) is 8.49. The minimum Gasteiger partial charge on any atom is -0.383 e. The van der Waals surface area contributed by atoms with Crippen molar-refractivity contribution >= 4 is 0 Å². The van der Waals surface area contributed by atoms with E-state index >= 15 is 0 Å². The molecule has 0 aliphatic heterocycles. The summed E-state index contributed by atoms with van der Waals surface area (Å²) in [5.74, 6) is 0. The van der Waals surface area contributed by atoms with Crippen molar-refractivity contribution in [2.75, 3.05) is 47.1 Å². The number of rotatable bonds is 10. The van der Waals surface area contributed by atoms with Crippen molar-refractivity contribution in [2.24, 2.45) is 5.41 Å². The molecule has 0 spiro atoms. The smallest absolute Gasteiger partial charge is 0.0589 e. The fourth-order valence-electron chi connectivity index (χ4n) is 3.36. The second-order valence-electron chi connectivity index (χ2n) is 7.06. The van der Waals surface area contributed by atoms with Crippen molar-refractivity contribution in [2.45, 2.75) is 58.5 Å². The van der Waals surface area contributed by atoms with Crippen molar-refractivity contribution < 1.29 is 9.47 Å². The average Bonchev–Trinajstić information content (AvgIpc) is 2.45. The predicted molar refractivity (Wildman–Crippen MR) is 88.8 cm³/mol. The minimum absolute atomic E-state index is 0.438. The van der Waals surface area contributed by atoms with E-state index in [-0.39, 0.29) is 0 Å². The van der Waals surface area contributed by atoms with E-state index in [9.17, 15) is 0 Å². The van der Waals surface area contributed by atoms with Crippen molar-refractivity contribution in [3.8, 4) is 0 Å². The Balaban J connectivity index is 2.73. The van der Waals surface area contributed by atoms with Crippen LogP contribution >= 0.6 is 0 Å². The Hall–Kier alpha value is -0.160. The van der Waals surface area contributed by atoms with E-state index in [0.29, 0.717) is 17.5 Å². The second-order valence-corrected chi connectivity index (χ2v) is 7.06. The van der Waals surface area contributed by atoms with E-state index in [1.165, 1.54) is 25.7 Å². The van der Waals surface area contributed by atoms with Gasteiger partial charge in [-0.05, 0) is 37.6 Å². The van der Waals surface area contributed by atoms with Crippen LogP contribution in [0.4, 0.5) is 0 Å². The lowest BCUT2D eigenvalue weighted by Crippen LogP contribution is -2.56. The number of nitrogens with zero attached hydrogens (tertiary/aromatic N) is 1.